The van der Waals surface area contributed by atoms with Crippen LogP contribution in [-0.2, 0) is 31.6 Å². The minimum Gasteiger partial charge on any atom is -0.477 e. The van der Waals surface area contributed by atoms with E-state index in [-0.39, 0.29) is 61.9 Å². The molecule has 9 rings (SSSR count). The Balaban J connectivity index is 0.902. The average molecular weight is 964 g/mol. The molecule has 328 valence electrons. The number of nitrogens with zero attached hydrogens (tertiary/aromatic N) is 6. The number of oxime groups is 1. The summed E-state index contributed by atoms with van der Waals surface area (Å²) < 4.78 is 13.0. The van der Waals surface area contributed by atoms with E-state index in [9.17, 15) is 24.3 Å². The summed E-state index contributed by atoms with van der Waals surface area (Å²) in [6, 6.07) is 18.2. The number of ether oxygens (including phenoxy) is 2. The second-order valence-electron chi connectivity index (χ2n) is 14.2. The maximum atomic E-state index is 13.9. The number of nitrogen functional groups attached to an aromatic ring is 1. The summed E-state index contributed by atoms with van der Waals surface area (Å²) in [4.78, 5) is 67.7. The van der Waals surface area contributed by atoms with Gasteiger partial charge in [-0.1, -0.05) is 89.0 Å². The number of aliphatic carboxylic acids is 1. The van der Waals surface area contributed by atoms with Crippen LogP contribution in [0, 0.1) is 0 Å². The van der Waals surface area contributed by atoms with E-state index < -0.39 is 41.0 Å². The molecule has 4 amide bonds. The molecule has 3 aromatic carbocycles. The molecule has 0 spiro atoms. The third-order valence-electron chi connectivity index (χ3n) is 10.1. The van der Waals surface area contributed by atoms with E-state index in [1.807, 2.05) is 60.7 Å². The summed E-state index contributed by atoms with van der Waals surface area (Å²) in [6.07, 6.45) is 3.10. The second kappa shape index (κ2) is 17.4. The number of benzene rings is 3. The lowest BCUT2D eigenvalue weighted by atomic mass is 9.97. The Morgan fingerprint density at radius 1 is 1.11 bits per heavy atom. The number of thiazole rings is 1. The summed E-state index contributed by atoms with van der Waals surface area (Å²) in [5.74, 6) is -3.07. The first-order valence-corrected chi connectivity index (χ1v) is 22.6. The standard InChI is InChI=1S/C40H32Cl2N10O9S3/c1-19-12-27(52-26(44-19)14-50(49-52)39(57)47-58)62-16-21-17-63-36-30(35(54)51(36)31(21)37(55)56)46-34(53)29(25-18-64-38(43)45-25)48-59-15-20-13-24(41)32-33(28(20)42)61-40(60-32,22-8-4-2-5-9-22)23-10-6-3-7-11-23/h2-14,18,30,36,49,58H,15-17H2,1H3,(H2,43,45)(H,46,53)(H,47,57)(H,55,56)/b48-29-/t30-,36-/m1/s1. The number of thioether (sulfide) groups is 2. The average Bonchev–Trinajstić information content (AvgIpc) is 4.05. The lowest BCUT2D eigenvalue weighted by Crippen LogP contribution is -2.71. The van der Waals surface area contributed by atoms with Crippen molar-refractivity contribution in [3.63, 3.8) is 0 Å². The molecule has 6 heterocycles. The Hall–Kier alpha value is -6.27. The summed E-state index contributed by atoms with van der Waals surface area (Å²) in [6.45, 7) is 1.46. The monoisotopic (exact) mass is 962 g/mol. The number of allylic oxidation sites excluding steroid dienone is 1. The zero-order valence-electron chi connectivity index (χ0n) is 32.9. The van der Waals surface area contributed by atoms with Gasteiger partial charge < -0.3 is 30.5 Å². The molecule has 1 aromatic heterocycles. The number of hydrogen-bond donors (Lipinski definition) is 6. The molecule has 7 N–H and O–H groups in total. The number of carboxylic acid groups (broad SMARTS) is 1. The number of hydrazine groups is 2. The van der Waals surface area contributed by atoms with Crippen molar-refractivity contribution in [3.05, 3.63) is 139 Å². The summed E-state index contributed by atoms with van der Waals surface area (Å²) in [7, 11) is 0. The Kier molecular flexibility index (Phi) is 11.7. The maximum Gasteiger partial charge on any atom is 0.361 e. The molecule has 24 heteroatoms. The topological polar surface area (TPSA) is 246 Å². The number of urea groups is 1. The van der Waals surface area contributed by atoms with Gasteiger partial charge in [0.1, 0.15) is 29.4 Å². The number of aromatic nitrogens is 1. The van der Waals surface area contributed by atoms with Crippen LogP contribution in [0.15, 0.2) is 117 Å². The molecular weight excluding hydrogens is 932 g/mol. The molecule has 1 saturated heterocycles. The van der Waals surface area contributed by atoms with Gasteiger partial charge in [0.25, 0.3) is 11.8 Å². The van der Waals surface area contributed by atoms with Gasteiger partial charge in [-0.2, -0.15) is 0 Å². The lowest BCUT2D eigenvalue weighted by Gasteiger charge is -2.49. The molecule has 0 bridgehead atoms. The number of nitrogens with one attached hydrogen (secondary N) is 3. The van der Waals surface area contributed by atoms with Gasteiger partial charge in [-0.15, -0.1) is 40.4 Å². The van der Waals surface area contributed by atoms with Crippen LogP contribution in [0.25, 0.3) is 0 Å². The van der Waals surface area contributed by atoms with Crippen LogP contribution in [0.4, 0.5) is 9.93 Å². The van der Waals surface area contributed by atoms with Crippen molar-refractivity contribution in [2.45, 2.75) is 30.7 Å². The fourth-order valence-corrected chi connectivity index (χ4v) is 10.8. The van der Waals surface area contributed by atoms with Crippen LogP contribution in [0.1, 0.15) is 29.3 Å². The number of rotatable bonds is 12. The van der Waals surface area contributed by atoms with E-state index >= 15 is 0 Å². The van der Waals surface area contributed by atoms with Crippen molar-refractivity contribution < 1.29 is 43.8 Å². The van der Waals surface area contributed by atoms with E-state index in [1.54, 1.807) is 19.1 Å². The minimum atomic E-state index is -1.40. The third kappa shape index (κ3) is 7.75. The highest BCUT2D eigenvalue weighted by molar-refractivity contribution is 8.03. The van der Waals surface area contributed by atoms with Crippen molar-refractivity contribution in [1.82, 2.24) is 36.2 Å². The number of hydroxylamine groups is 1. The van der Waals surface area contributed by atoms with Gasteiger partial charge in [-0.05, 0) is 24.6 Å². The van der Waals surface area contributed by atoms with Crippen molar-refractivity contribution in [2.75, 3.05) is 17.2 Å². The summed E-state index contributed by atoms with van der Waals surface area (Å²) in [5, 5.41) is 30.5. The molecule has 1 fully saturated rings. The van der Waals surface area contributed by atoms with Gasteiger partial charge >= 0.3 is 17.8 Å². The molecule has 5 aliphatic heterocycles. The van der Waals surface area contributed by atoms with E-state index in [0.717, 1.165) is 21.2 Å². The molecule has 64 heavy (non-hydrogen) atoms. The number of carbonyl (C=O) groups excluding carboxylic acids is 3. The molecular formula is C40H32Cl2N10O9S3. The predicted octanol–water partition coefficient (Wildman–Crippen LogP) is 5.35. The van der Waals surface area contributed by atoms with Crippen LogP contribution in [0.3, 0.4) is 0 Å². The van der Waals surface area contributed by atoms with Gasteiger partial charge in [-0.3, -0.25) is 19.7 Å². The fourth-order valence-electron chi connectivity index (χ4n) is 7.21. The van der Waals surface area contributed by atoms with E-state index in [2.05, 4.69) is 26.0 Å². The highest BCUT2D eigenvalue weighted by atomic mass is 35.5. The van der Waals surface area contributed by atoms with Crippen LogP contribution in [-0.4, -0.2) is 88.4 Å². The number of amides is 4. The molecule has 5 aliphatic rings. The van der Waals surface area contributed by atoms with Crippen LogP contribution >= 0.6 is 58.1 Å². The molecule has 4 aromatic rings. The lowest BCUT2D eigenvalue weighted by molar-refractivity contribution is -0.150. The van der Waals surface area contributed by atoms with E-state index in [0.29, 0.717) is 38.8 Å². The van der Waals surface area contributed by atoms with Crippen molar-refractivity contribution in [3.8, 4) is 11.5 Å². The van der Waals surface area contributed by atoms with E-state index in [1.165, 1.54) is 45.6 Å². The summed E-state index contributed by atoms with van der Waals surface area (Å²) in [5.41, 5.74) is 12.6. The first-order valence-electron chi connectivity index (χ1n) is 18.9. The second-order valence-corrected chi connectivity index (χ2v) is 18.0. The van der Waals surface area contributed by atoms with Gasteiger partial charge in [0, 0.05) is 39.3 Å². The zero-order valence-corrected chi connectivity index (χ0v) is 36.8. The largest absolute Gasteiger partial charge is 0.477 e. The van der Waals surface area contributed by atoms with Gasteiger partial charge in [0.15, 0.2) is 28.2 Å². The van der Waals surface area contributed by atoms with Crippen molar-refractivity contribution in [2.24, 2.45) is 10.1 Å². The highest BCUT2D eigenvalue weighted by Gasteiger charge is 2.55. The van der Waals surface area contributed by atoms with Gasteiger partial charge in [-0.25, -0.2) is 35.1 Å². The first kappa shape index (κ1) is 43.0. The minimum absolute atomic E-state index is 0.0681. The molecule has 0 saturated carbocycles. The molecule has 19 nitrogen and oxygen atoms in total. The highest BCUT2D eigenvalue weighted by Crippen LogP contribution is 2.55. The van der Waals surface area contributed by atoms with E-state index in [4.69, 9.17) is 48.5 Å². The number of nitrogens with two attached hydrogens (primary N) is 1. The first-order chi connectivity index (χ1) is 30.9. The Morgan fingerprint density at radius 3 is 2.47 bits per heavy atom. The third-order valence-corrected chi connectivity index (χ3v) is 13.9. The molecule has 2 atom stereocenters. The van der Waals surface area contributed by atoms with Crippen molar-refractivity contribution in [1.29, 1.82) is 0 Å². The van der Waals surface area contributed by atoms with Crippen LogP contribution in [0.2, 0.25) is 10.0 Å². The number of halogens is 2. The number of aliphatic imine (C=N–C) groups is 1. The van der Waals surface area contributed by atoms with Gasteiger partial charge in [0.05, 0.1) is 21.3 Å². The number of carbonyl (C=O) groups is 4. The van der Waals surface area contributed by atoms with Crippen molar-refractivity contribution >= 4 is 98.4 Å². The number of β-lactam (4-membered cyclic amide) rings is 1. The quantitative estimate of drug-likeness (QED) is 0.0454. The smallest absolute Gasteiger partial charge is 0.361 e. The number of carboxylic acids is 1. The normalized spacial score (nSPS) is 19.6. The maximum absolute atomic E-state index is 13.9. The SMILES string of the molecule is CC1=NC2=CN(C(=O)NO)NN2C(SCC2=C(C(=O)O)N3C(=O)[C@@H](NC(=O)/C(=N\OCc4cc(Cl)c5c(c4Cl)OC(c4ccccc4)(c4ccccc4)O5)c4csc(N)n4)[C@H]3SC2)=C1. The van der Waals surface area contributed by atoms with Crippen LogP contribution in [0.5, 0.6) is 11.5 Å². The Bertz CT molecular complexity index is 2730. The predicted molar refractivity (Wildman–Crippen MR) is 238 cm³/mol. The number of fused-ring (bicyclic) bond motifs is 3. The summed E-state index contributed by atoms with van der Waals surface area (Å²) >= 11 is 17.3. The Morgan fingerprint density at radius 2 is 1.81 bits per heavy atom. The number of hydrogen-bond acceptors (Lipinski definition) is 17. The fraction of sp³-hybridized carbons (Fsp3) is 0.175. The van der Waals surface area contributed by atoms with Crippen LogP contribution < -0.4 is 31.5 Å². The zero-order chi connectivity index (χ0) is 44.9. The molecule has 0 aliphatic carbocycles. The number of anilines is 1. The Labute approximate surface area is 385 Å². The molecule has 0 unspecified atom stereocenters. The molecule has 0 radical (unpaired) electrons. The van der Waals surface area contributed by atoms with Gasteiger partial charge in [0.2, 0.25) is 0 Å².